The molecule has 1 aromatic rings. The average Bonchev–Trinajstić information content (AvgIpc) is 2.41. The van der Waals surface area contributed by atoms with Gasteiger partial charge in [-0.05, 0) is 75.5 Å². The minimum atomic E-state index is -0.833. The first-order valence-corrected chi connectivity index (χ1v) is 8.64. The molecule has 24 heavy (non-hydrogen) atoms. The summed E-state index contributed by atoms with van der Waals surface area (Å²) in [5.74, 6) is -0.839. The van der Waals surface area contributed by atoms with Crippen LogP contribution in [-0.2, 0) is 16.0 Å². The molecule has 0 fully saturated rings. The third-order valence-electron chi connectivity index (χ3n) is 2.09. The largest absolute Gasteiger partial charge is 0.491 e. The van der Waals surface area contributed by atoms with Crippen LogP contribution in [0.4, 0.5) is 0 Å². The van der Waals surface area contributed by atoms with Crippen molar-refractivity contribution in [1.29, 1.82) is 0 Å². The lowest BCUT2D eigenvalue weighted by atomic mass is 10.1. The second kappa shape index (κ2) is 15.4. The third-order valence-corrected chi connectivity index (χ3v) is 3.26. The summed E-state index contributed by atoms with van der Waals surface area (Å²) in [6.07, 6.45) is 1.71. The maximum atomic E-state index is 9.00. The van der Waals surface area contributed by atoms with Gasteiger partial charge in [-0.2, -0.15) is 0 Å². The summed E-state index contributed by atoms with van der Waals surface area (Å²) in [6.45, 7) is 4.08. The zero-order chi connectivity index (χ0) is 19.1. The van der Waals surface area contributed by atoms with Gasteiger partial charge in [-0.15, -0.1) is 0 Å². The molecule has 9 heteroatoms. The van der Waals surface area contributed by atoms with E-state index in [-0.39, 0.29) is 0 Å². The highest BCUT2D eigenvalue weighted by Gasteiger charge is 2.08. The van der Waals surface area contributed by atoms with Gasteiger partial charge in [0.25, 0.3) is 11.9 Å². The van der Waals surface area contributed by atoms with Gasteiger partial charge in [-0.1, -0.05) is 0 Å². The number of carbonyl (C=O) groups is 2. The van der Waals surface area contributed by atoms with Gasteiger partial charge in [0.05, 0.1) is 15.6 Å². The molecule has 0 spiro atoms. The van der Waals surface area contributed by atoms with Crippen molar-refractivity contribution in [3.8, 4) is 5.75 Å². The number of hydrogen-bond donors (Lipinski definition) is 4. The van der Waals surface area contributed by atoms with Crippen molar-refractivity contribution >= 4 is 43.8 Å². The van der Waals surface area contributed by atoms with Crippen LogP contribution in [0.25, 0.3) is 0 Å². The van der Waals surface area contributed by atoms with E-state index in [0.29, 0.717) is 19.7 Å². The van der Waals surface area contributed by atoms with Crippen molar-refractivity contribution in [3.63, 3.8) is 0 Å². The fourth-order valence-corrected chi connectivity index (χ4v) is 2.83. The summed E-state index contributed by atoms with van der Waals surface area (Å²) in [5.41, 5.74) is 12.1. The maximum absolute atomic E-state index is 9.00. The number of rotatable bonds is 6. The van der Waals surface area contributed by atoms with Crippen molar-refractivity contribution in [2.24, 2.45) is 11.5 Å². The second-order valence-electron chi connectivity index (χ2n) is 4.46. The van der Waals surface area contributed by atoms with E-state index in [2.05, 4.69) is 31.9 Å². The van der Waals surface area contributed by atoms with Crippen LogP contribution in [-0.4, -0.2) is 41.8 Å². The minimum absolute atomic E-state index is 0.629. The third kappa shape index (κ3) is 15.7. The molecule has 0 aliphatic carbocycles. The molecule has 0 aliphatic rings. The summed E-state index contributed by atoms with van der Waals surface area (Å²) in [4.78, 5) is 18.0. The molecule has 6 N–H and O–H groups in total. The molecular formula is C15H24Br2N2O5. The lowest BCUT2D eigenvalue weighted by Crippen LogP contribution is -2.07. The fourth-order valence-electron chi connectivity index (χ4n) is 1.32. The van der Waals surface area contributed by atoms with Crippen LogP contribution >= 0.6 is 31.9 Å². The van der Waals surface area contributed by atoms with Crippen molar-refractivity contribution in [2.75, 3.05) is 19.7 Å². The molecule has 0 saturated heterocycles. The molecule has 1 rings (SSSR count). The van der Waals surface area contributed by atoms with Gasteiger partial charge in [0, 0.05) is 13.8 Å². The van der Waals surface area contributed by atoms with Crippen LogP contribution in [0.15, 0.2) is 21.1 Å². The standard InChI is InChI=1S/C11H16Br2N2O.2C2H4O2/c12-9-6-8(2-4-15)7-10(13)11(9)16-5-1-3-14;2*1-2(3)4/h6-7H,1-5,14-15H2;2*1H3,(H,3,4). The maximum Gasteiger partial charge on any atom is 0.300 e. The number of carboxylic acids is 2. The minimum Gasteiger partial charge on any atom is -0.491 e. The Hall–Kier alpha value is -1.16. The fraction of sp³-hybridized carbons (Fsp3) is 0.467. The molecular weight excluding hydrogens is 448 g/mol. The van der Waals surface area contributed by atoms with Gasteiger partial charge in [-0.3, -0.25) is 9.59 Å². The van der Waals surface area contributed by atoms with Crippen molar-refractivity contribution < 1.29 is 24.5 Å². The quantitative estimate of drug-likeness (QED) is 0.468. The summed E-state index contributed by atoms with van der Waals surface area (Å²) < 4.78 is 7.53. The SMILES string of the molecule is CC(=O)O.CC(=O)O.NCCCOc1c(Br)cc(CCN)cc1Br. The first-order valence-electron chi connectivity index (χ1n) is 7.05. The first kappa shape index (κ1) is 25.1. The predicted molar refractivity (Wildman–Crippen MR) is 100 cm³/mol. The number of hydrogen-bond acceptors (Lipinski definition) is 5. The van der Waals surface area contributed by atoms with Crippen LogP contribution < -0.4 is 16.2 Å². The number of carboxylic acid groups (broad SMARTS) is 2. The average molecular weight is 472 g/mol. The van der Waals surface area contributed by atoms with E-state index < -0.39 is 11.9 Å². The summed E-state index contributed by atoms with van der Waals surface area (Å²) >= 11 is 6.99. The highest BCUT2D eigenvalue weighted by atomic mass is 79.9. The van der Waals surface area contributed by atoms with Gasteiger partial charge in [0.2, 0.25) is 0 Å². The van der Waals surface area contributed by atoms with Crippen molar-refractivity contribution in [3.05, 3.63) is 26.6 Å². The van der Waals surface area contributed by atoms with Gasteiger partial charge in [-0.25, -0.2) is 0 Å². The van der Waals surface area contributed by atoms with E-state index in [1.54, 1.807) is 0 Å². The van der Waals surface area contributed by atoms with Crippen LogP contribution in [0.3, 0.4) is 0 Å². The Bertz CT molecular complexity index is 470. The van der Waals surface area contributed by atoms with Crippen LogP contribution in [0, 0.1) is 0 Å². The van der Waals surface area contributed by atoms with Crippen LogP contribution in [0.2, 0.25) is 0 Å². The number of halogens is 2. The molecule has 0 unspecified atom stereocenters. The Labute approximate surface area is 158 Å². The van der Waals surface area contributed by atoms with E-state index in [9.17, 15) is 0 Å². The Morgan fingerprint density at radius 1 is 1.04 bits per heavy atom. The van der Waals surface area contributed by atoms with Gasteiger partial charge in [0.1, 0.15) is 5.75 Å². The molecule has 0 atom stereocenters. The van der Waals surface area contributed by atoms with Gasteiger partial charge < -0.3 is 26.4 Å². The topological polar surface area (TPSA) is 136 Å². The van der Waals surface area contributed by atoms with E-state index in [0.717, 1.165) is 41.4 Å². The van der Waals surface area contributed by atoms with Crippen molar-refractivity contribution in [1.82, 2.24) is 0 Å². The first-order chi connectivity index (χ1) is 11.1. The highest BCUT2D eigenvalue weighted by Crippen LogP contribution is 2.34. The zero-order valence-electron chi connectivity index (χ0n) is 13.7. The second-order valence-corrected chi connectivity index (χ2v) is 6.16. The smallest absolute Gasteiger partial charge is 0.300 e. The van der Waals surface area contributed by atoms with Crippen LogP contribution in [0.1, 0.15) is 25.8 Å². The molecule has 0 aliphatic heterocycles. The van der Waals surface area contributed by atoms with Gasteiger partial charge >= 0.3 is 0 Å². The summed E-state index contributed by atoms with van der Waals surface area (Å²) in [6, 6.07) is 4.07. The molecule has 0 saturated carbocycles. The molecule has 0 heterocycles. The lowest BCUT2D eigenvalue weighted by Gasteiger charge is -2.11. The number of aliphatic carboxylic acids is 2. The Balaban J connectivity index is 0. The molecule has 138 valence electrons. The summed E-state index contributed by atoms with van der Waals surface area (Å²) in [7, 11) is 0. The van der Waals surface area contributed by atoms with E-state index >= 15 is 0 Å². The molecule has 1 aromatic carbocycles. The van der Waals surface area contributed by atoms with Gasteiger partial charge in [0.15, 0.2) is 0 Å². The van der Waals surface area contributed by atoms with E-state index in [1.165, 1.54) is 5.56 Å². The number of ether oxygens (including phenoxy) is 1. The van der Waals surface area contributed by atoms with Crippen LogP contribution in [0.5, 0.6) is 5.75 Å². The molecule has 0 bridgehead atoms. The lowest BCUT2D eigenvalue weighted by molar-refractivity contribution is -0.135. The van der Waals surface area contributed by atoms with E-state index in [4.69, 9.17) is 36.0 Å². The number of nitrogens with two attached hydrogens (primary N) is 2. The normalized spacial score (nSPS) is 9.08. The number of benzene rings is 1. The predicted octanol–water partition coefficient (Wildman–Crippen LogP) is 2.62. The molecule has 0 aromatic heterocycles. The molecule has 0 amide bonds. The zero-order valence-corrected chi connectivity index (χ0v) is 16.9. The molecule has 7 nitrogen and oxygen atoms in total. The summed E-state index contributed by atoms with van der Waals surface area (Å²) in [5, 5.41) is 14.8. The van der Waals surface area contributed by atoms with Crippen molar-refractivity contribution in [2.45, 2.75) is 26.7 Å². The highest BCUT2D eigenvalue weighted by molar-refractivity contribution is 9.11. The Kier molecular flexibility index (Phi) is 16.1. The molecule has 0 radical (unpaired) electrons. The van der Waals surface area contributed by atoms with E-state index in [1.807, 2.05) is 12.1 Å². The monoisotopic (exact) mass is 470 g/mol. The Morgan fingerprint density at radius 3 is 1.79 bits per heavy atom. The Morgan fingerprint density at radius 2 is 1.46 bits per heavy atom.